The number of nitriles is 1. The van der Waals surface area contributed by atoms with E-state index < -0.39 is 0 Å². The van der Waals surface area contributed by atoms with E-state index in [2.05, 4.69) is 32.2 Å². The van der Waals surface area contributed by atoms with Crippen molar-refractivity contribution in [1.82, 2.24) is 10.2 Å². The van der Waals surface area contributed by atoms with Crippen LogP contribution in [0.3, 0.4) is 0 Å². The van der Waals surface area contributed by atoms with Crippen LogP contribution in [-0.4, -0.2) is 36.2 Å². The maximum atomic E-state index is 10.5. The minimum absolute atomic E-state index is 0. The predicted octanol–water partition coefficient (Wildman–Crippen LogP) is 3.62. The minimum atomic E-state index is 0. The summed E-state index contributed by atoms with van der Waals surface area (Å²) >= 11 is 3.58. The Morgan fingerprint density at radius 2 is 1.96 bits per heavy atom. The highest BCUT2D eigenvalue weighted by Gasteiger charge is 2.33. The lowest BCUT2D eigenvalue weighted by Gasteiger charge is -2.36. The highest BCUT2D eigenvalue weighted by atomic mass is 79.9. The standard InChI is InChI=1S/C16H20BrN3O.2ClH/c17-13-4-3-12(10-18)16(21)15(13)14(9-11-1-2-11)20-7-5-19-6-8-20;;/h3-4,11,14,19,21H,1-2,5-9H2;2*1H/t14-;;/m1../s1. The van der Waals surface area contributed by atoms with E-state index in [1.54, 1.807) is 6.07 Å². The van der Waals surface area contributed by atoms with E-state index in [9.17, 15) is 10.4 Å². The summed E-state index contributed by atoms with van der Waals surface area (Å²) in [6.45, 7) is 3.94. The fourth-order valence-corrected chi connectivity index (χ4v) is 3.69. The van der Waals surface area contributed by atoms with Crippen molar-refractivity contribution in [2.24, 2.45) is 5.92 Å². The largest absolute Gasteiger partial charge is 0.506 e. The van der Waals surface area contributed by atoms with Gasteiger partial charge in [-0.25, -0.2) is 0 Å². The second kappa shape index (κ2) is 9.10. The molecule has 0 unspecified atom stereocenters. The lowest BCUT2D eigenvalue weighted by atomic mass is 9.96. The van der Waals surface area contributed by atoms with Gasteiger partial charge < -0.3 is 10.4 Å². The summed E-state index contributed by atoms with van der Waals surface area (Å²) in [4.78, 5) is 2.44. The second-order valence-corrected chi connectivity index (χ2v) is 6.80. The first-order valence-corrected chi connectivity index (χ1v) is 8.36. The lowest BCUT2D eigenvalue weighted by molar-refractivity contribution is 0.157. The maximum Gasteiger partial charge on any atom is 0.139 e. The van der Waals surface area contributed by atoms with Gasteiger partial charge in [0, 0.05) is 42.3 Å². The molecule has 1 aliphatic heterocycles. The van der Waals surface area contributed by atoms with Gasteiger partial charge in [0.05, 0.1) is 5.56 Å². The molecular formula is C16H22BrCl2N3O. The SMILES string of the molecule is Cl.Cl.N#Cc1ccc(Br)c([C@@H](CC2CC2)N2CCNCC2)c1O. The zero-order valence-corrected chi connectivity index (χ0v) is 16.0. The van der Waals surface area contributed by atoms with E-state index in [0.29, 0.717) is 5.56 Å². The van der Waals surface area contributed by atoms with Crippen molar-refractivity contribution in [3.05, 3.63) is 27.7 Å². The second-order valence-electron chi connectivity index (χ2n) is 5.95. The van der Waals surface area contributed by atoms with Gasteiger partial charge in [-0.15, -0.1) is 24.8 Å². The number of piperazine rings is 1. The number of aromatic hydroxyl groups is 1. The molecule has 1 aromatic carbocycles. The van der Waals surface area contributed by atoms with Crippen LogP contribution in [0.5, 0.6) is 5.75 Å². The Labute approximate surface area is 158 Å². The Hall–Kier alpha value is -0.510. The van der Waals surface area contributed by atoms with E-state index in [0.717, 1.165) is 48.6 Å². The molecule has 0 spiro atoms. The number of phenolic OH excluding ortho intramolecular Hbond substituents is 1. The normalized spacial score (nSPS) is 19.1. The number of benzene rings is 1. The smallest absolute Gasteiger partial charge is 0.139 e. The molecule has 3 rings (SSSR count). The molecule has 0 radical (unpaired) electrons. The number of rotatable bonds is 4. The molecule has 0 bridgehead atoms. The number of nitrogens with one attached hydrogen (secondary N) is 1. The van der Waals surface area contributed by atoms with Gasteiger partial charge in [0.2, 0.25) is 0 Å². The van der Waals surface area contributed by atoms with Crippen molar-refractivity contribution >= 4 is 40.7 Å². The Balaban J connectivity index is 0.00000132. The van der Waals surface area contributed by atoms with Crippen molar-refractivity contribution in [1.29, 1.82) is 5.26 Å². The van der Waals surface area contributed by atoms with E-state index in [1.807, 2.05) is 6.07 Å². The number of hydrogen-bond acceptors (Lipinski definition) is 4. The molecule has 1 saturated carbocycles. The molecule has 1 aliphatic carbocycles. The van der Waals surface area contributed by atoms with Gasteiger partial charge in [0.25, 0.3) is 0 Å². The van der Waals surface area contributed by atoms with Gasteiger partial charge in [-0.05, 0) is 24.5 Å². The van der Waals surface area contributed by atoms with Crippen molar-refractivity contribution in [2.45, 2.75) is 25.3 Å². The molecule has 2 N–H and O–H groups in total. The van der Waals surface area contributed by atoms with Gasteiger partial charge in [-0.1, -0.05) is 28.8 Å². The summed E-state index contributed by atoms with van der Waals surface area (Å²) < 4.78 is 0.906. The summed E-state index contributed by atoms with van der Waals surface area (Å²) in [7, 11) is 0. The third-order valence-electron chi connectivity index (χ3n) is 4.46. The first-order valence-electron chi connectivity index (χ1n) is 7.57. The number of nitrogens with zero attached hydrogens (tertiary/aromatic N) is 2. The monoisotopic (exact) mass is 421 g/mol. The van der Waals surface area contributed by atoms with Gasteiger partial charge >= 0.3 is 0 Å². The molecule has 0 aromatic heterocycles. The van der Waals surface area contributed by atoms with Gasteiger partial charge in [0.1, 0.15) is 11.8 Å². The molecule has 128 valence electrons. The molecule has 1 saturated heterocycles. The van der Waals surface area contributed by atoms with Crippen LogP contribution in [0.4, 0.5) is 0 Å². The van der Waals surface area contributed by atoms with Crippen LogP contribution in [0.15, 0.2) is 16.6 Å². The van der Waals surface area contributed by atoms with Crippen molar-refractivity contribution in [2.75, 3.05) is 26.2 Å². The summed E-state index contributed by atoms with van der Waals surface area (Å²) in [5.41, 5.74) is 1.26. The first-order chi connectivity index (χ1) is 10.2. The Bertz CT molecular complexity index is 569. The molecule has 1 heterocycles. The molecule has 1 aromatic rings. The van der Waals surface area contributed by atoms with Gasteiger partial charge in [-0.2, -0.15) is 5.26 Å². The number of hydrogen-bond donors (Lipinski definition) is 2. The topological polar surface area (TPSA) is 59.3 Å². The van der Waals surface area contributed by atoms with Crippen molar-refractivity contribution in [3.63, 3.8) is 0 Å². The maximum absolute atomic E-state index is 10.5. The third-order valence-corrected chi connectivity index (χ3v) is 5.15. The molecular weight excluding hydrogens is 401 g/mol. The number of phenols is 1. The van der Waals surface area contributed by atoms with Crippen LogP contribution in [0, 0.1) is 17.2 Å². The summed E-state index contributed by atoms with van der Waals surface area (Å²) in [5, 5.41) is 23.1. The first kappa shape index (κ1) is 20.5. The quantitative estimate of drug-likeness (QED) is 0.777. The van der Waals surface area contributed by atoms with Crippen LogP contribution >= 0.6 is 40.7 Å². The van der Waals surface area contributed by atoms with Crippen LogP contribution in [0.25, 0.3) is 0 Å². The molecule has 23 heavy (non-hydrogen) atoms. The molecule has 1 atom stereocenters. The van der Waals surface area contributed by atoms with Crippen LogP contribution in [0.1, 0.15) is 36.4 Å². The van der Waals surface area contributed by atoms with Gasteiger partial charge in [-0.3, -0.25) is 4.90 Å². The summed E-state index contributed by atoms with van der Waals surface area (Å²) in [6, 6.07) is 5.84. The molecule has 2 fully saturated rings. The highest BCUT2D eigenvalue weighted by Crippen LogP contribution is 2.45. The third kappa shape index (κ3) is 4.74. The molecule has 0 amide bonds. The highest BCUT2D eigenvalue weighted by molar-refractivity contribution is 9.10. The minimum Gasteiger partial charge on any atom is -0.506 e. The van der Waals surface area contributed by atoms with E-state index in [4.69, 9.17) is 0 Å². The summed E-state index contributed by atoms with van der Waals surface area (Å²) in [5.74, 6) is 0.915. The molecule has 2 aliphatic rings. The van der Waals surface area contributed by atoms with Crippen LogP contribution < -0.4 is 5.32 Å². The fourth-order valence-electron chi connectivity index (χ4n) is 3.10. The average molecular weight is 423 g/mol. The van der Waals surface area contributed by atoms with Crippen LogP contribution in [-0.2, 0) is 0 Å². The lowest BCUT2D eigenvalue weighted by Crippen LogP contribution is -2.45. The van der Waals surface area contributed by atoms with Gasteiger partial charge in [0.15, 0.2) is 0 Å². The molecule has 4 nitrogen and oxygen atoms in total. The Morgan fingerprint density at radius 1 is 1.30 bits per heavy atom. The fraction of sp³-hybridized carbons (Fsp3) is 0.562. The van der Waals surface area contributed by atoms with Crippen LogP contribution in [0.2, 0.25) is 0 Å². The Kier molecular flexibility index (Phi) is 8.12. The summed E-state index contributed by atoms with van der Waals surface area (Å²) in [6.07, 6.45) is 3.65. The van der Waals surface area contributed by atoms with Crippen molar-refractivity contribution in [3.8, 4) is 11.8 Å². The Morgan fingerprint density at radius 3 is 2.52 bits per heavy atom. The van der Waals surface area contributed by atoms with Crippen molar-refractivity contribution < 1.29 is 5.11 Å². The van der Waals surface area contributed by atoms with E-state index in [-0.39, 0.29) is 36.6 Å². The zero-order chi connectivity index (χ0) is 14.8. The number of halogens is 3. The molecule has 7 heteroatoms. The predicted molar refractivity (Wildman–Crippen MR) is 99.5 cm³/mol. The zero-order valence-electron chi connectivity index (χ0n) is 12.8. The van der Waals surface area contributed by atoms with E-state index >= 15 is 0 Å². The van der Waals surface area contributed by atoms with E-state index in [1.165, 1.54) is 12.8 Å². The average Bonchev–Trinajstić information content (AvgIpc) is 3.31.